The maximum atomic E-state index is 11.0. The van der Waals surface area contributed by atoms with E-state index in [1.54, 1.807) is 6.92 Å². The largest absolute Gasteiger partial charge is 0.505 e. The summed E-state index contributed by atoms with van der Waals surface area (Å²) in [6.07, 6.45) is -3.44. The Morgan fingerprint density at radius 2 is 1.85 bits per heavy atom. The fourth-order valence-electron chi connectivity index (χ4n) is 1.64. The van der Waals surface area contributed by atoms with E-state index in [4.69, 9.17) is 18.9 Å². The van der Waals surface area contributed by atoms with E-state index >= 15 is 0 Å². The van der Waals surface area contributed by atoms with Gasteiger partial charge in [0, 0.05) is 20.5 Å². The lowest BCUT2D eigenvalue weighted by atomic mass is 10.1. The summed E-state index contributed by atoms with van der Waals surface area (Å²) >= 11 is 0. The van der Waals surface area contributed by atoms with Gasteiger partial charge in [0.05, 0.1) is 0 Å². The highest BCUT2D eigenvalue weighted by atomic mass is 16.7. The number of hydrogen-bond acceptors (Lipinski definition) is 8. The standard InChI is InChI=1S/C12H18O8/c1-4-17-12-10(16)9(15)11(19-7(3)14)8(20-12)5-18-6(2)13/h8,11-12,15-16H,4-5H2,1-3H3/t8-,11-,12+/m1/s1. The molecule has 0 spiro atoms. The fourth-order valence-corrected chi connectivity index (χ4v) is 1.64. The Morgan fingerprint density at radius 1 is 1.20 bits per heavy atom. The number of esters is 2. The van der Waals surface area contributed by atoms with Gasteiger partial charge < -0.3 is 29.2 Å². The fraction of sp³-hybridized carbons (Fsp3) is 0.667. The molecule has 0 fully saturated rings. The zero-order chi connectivity index (χ0) is 15.3. The summed E-state index contributed by atoms with van der Waals surface area (Å²) in [5, 5.41) is 19.6. The van der Waals surface area contributed by atoms with E-state index in [1.165, 1.54) is 6.92 Å². The van der Waals surface area contributed by atoms with Crippen LogP contribution in [0.2, 0.25) is 0 Å². The molecule has 1 aliphatic heterocycles. The molecular weight excluding hydrogens is 272 g/mol. The van der Waals surface area contributed by atoms with Crippen LogP contribution in [0.1, 0.15) is 20.8 Å². The van der Waals surface area contributed by atoms with Gasteiger partial charge in [-0.05, 0) is 6.92 Å². The summed E-state index contributed by atoms with van der Waals surface area (Å²) in [7, 11) is 0. The number of aliphatic hydroxyl groups is 2. The van der Waals surface area contributed by atoms with Crippen molar-refractivity contribution in [2.24, 2.45) is 0 Å². The molecular formula is C12H18O8. The summed E-state index contributed by atoms with van der Waals surface area (Å²) in [4.78, 5) is 21.9. The van der Waals surface area contributed by atoms with E-state index in [0.29, 0.717) is 0 Å². The Bertz CT molecular complexity index is 402. The van der Waals surface area contributed by atoms with Crippen molar-refractivity contribution in [1.29, 1.82) is 0 Å². The Hall–Kier alpha value is -1.80. The van der Waals surface area contributed by atoms with Crippen molar-refractivity contribution >= 4 is 11.9 Å². The molecule has 1 heterocycles. The molecule has 0 amide bonds. The lowest BCUT2D eigenvalue weighted by Crippen LogP contribution is -2.47. The first kappa shape index (κ1) is 16.3. The number of carbonyl (C=O) groups excluding carboxylic acids is 2. The molecule has 114 valence electrons. The molecule has 0 radical (unpaired) electrons. The van der Waals surface area contributed by atoms with Crippen LogP contribution in [-0.2, 0) is 28.5 Å². The highest BCUT2D eigenvalue weighted by Gasteiger charge is 2.41. The van der Waals surface area contributed by atoms with Crippen LogP contribution in [0.25, 0.3) is 0 Å². The monoisotopic (exact) mass is 290 g/mol. The quantitative estimate of drug-likeness (QED) is 0.707. The zero-order valence-electron chi connectivity index (χ0n) is 11.5. The molecule has 3 atom stereocenters. The van der Waals surface area contributed by atoms with Gasteiger partial charge in [0.2, 0.25) is 6.29 Å². The zero-order valence-corrected chi connectivity index (χ0v) is 11.5. The van der Waals surface area contributed by atoms with Gasteiger partial charge >= 0.3 is 11.9 Å². The third-order valence-corrected chi connectivity index (χ3v) is 2.45. The lowest BCUT2D eigenvalue weighted by Gasteiger charge is -2.34. The first-order valence-electron chi connectivity index (χ1n) is 6.06. The topological polar surface area (TPSA) is 112 Å². The molecule has 0 saturated heterocycles. The predicted molar refractivity (Wildman–Crippen MR) is 64.8 cm³/mol. The highest BCUT2D eigenvalue weighted by Crippen LogP contribution is 2.26. The van der Waals surface area contributed by atoms with Crippen LogP contribution in [-0.4, -0.2) is 53.9 Å². The number of carbonyl (C=O) groups is 2. The van der Waals surface area contributed by atoms with Gasteiger partial charge in [-0.25, -0.2) is 0 Å². The van der Waals surface area contributed by atoms with Crippen LogP contribution in [0, 0.1) is 0 Å². The number of aliphatic hydroxyl groups excluding tert-OH is 2. The van der Waals surface area contributed by atoms with Crippen LogP contribution in [0.4, 0.5) is 0 Å². The van der Waals surface area contributed by atoms with Gasteiger partial charge in [0.25, 0.3) is 0 Å². The van der Waals surface area contributed by atoms with Crippen molar-refractivity contribution in [2.45, 2.75) is 39.3 Å². The summed E-state index contributed by atoms with van der Waals surface area (Å²) in [5.41, 5.74) is 0. The minimum absolute atomic E-state index is 0.223. The van der Waals surface area contributed by atoms with Crippen LogP contribution in [0.3, 0.4) is 0 Å². The van der Waals surface area contributed by atoms with E-state index in [1.807, 2.05) is 0 Å². The minimum atomic E-state index is -1.26. The molecule has 0 aliphatic carbocycles. The Labute approximate surface area is 115 Å². The van der Waals surface area contributed by atoms with E-state index < -0.39 is 42.0 Å². The SMILES string of the molecule is CCO[C@H]1O[C@H](COC(C)=O)[C@@H](OC(C)=O)C(O)=C1O. The molecule has 0 aromatic heterocycles. The molecule has 20 heavy (non-hydrogen) atoms. The van der Waals surface area contributed by atoms with Gasteiger partial charge in [0.1, 0.15) is 12.7 Å². The first-order chi connectivity index (χ1) is 9.36. The average Bonchev–Trinajstić information content (AvgIpc) is 2.36. The highest BCUT2D eigenvalue weighted by molar-refractivity contribution is 5.67. The van der Waals surface area contributed by atoms with Crippen LogP contribution in [0.5, 0.6) is 0 Å². The van der Waals surface area contributed by atoms with Crippen molar-refractivity contribution in [3.05, 3.63) is 11.5 Å². The summed E-state index contributed by atoms with van der Waals surface area (Å²) in [6.45, 7) is 3.99. The molecule has 0 bridgehead atoms. The number of hydrogen-bond donors (Lipinski definition) is 2. The van der Waals surface area contributed by atoms with Crippen LogP contribution < -0.4 is 0 Å². The van der Waals surface area contributed by atoms with Crippen molar-refractivity contribution in [2.75, 3.05) is 13.2 Å². The number of rotatable bonds is 5. The molecule has 8 nitrogen and oxygen atoms in total. The molecule has 1 rings (SSSR count). The Kier molecular flexibility index (Phi) is 5.78. The van der Waals surface area contributed by atoms with Crippen molar-refractivity contribution in [3.8, 4) is 0 Å². The van der Waals surface area contributed by atoms with Crippen LogP contribution in [0.15, 0.2) is 11.5 Å². The van der Waals surface area contributed by atoms with Gasteiger partial charge in [-0.1, -0.05) is 0 Å². The molecule has 2 N–H and O–H groups in total. The molecule has 0 aromatic carbocycles. The maximum Gasteiger partial charge on any atom is 0.303 e. The normalized spacial score (nSPS) is 26.2. The third kappa shape index (κ3) is 4.10. The second kappa shape index (κ2) is 7.11. The van der Waals surface area contributed by atoms with Gasteiger partial charge in [0.15, 0.2) is 17.6 Å². The summed E-state index contributed by atoms with van der Waals surface area (Å²) in [6, 6.07) is 0. The molecule has 8 heteroatoms. The average molecular weight is 290 g/mol. The summed E-state index contributed by atoms with van der Waals surface area (Å²) in [5.74, 6) is -2.39. The van der Waals surface area contributed by atoms with Gasteiger partial charge in [-0.3, -0.25) is 9.59 Å². The minimum Gasteiger partial charge on any atom is -0.505 e. The third-order valence-electron chi connectivity index (χ3n) is 2.45. The molecule has 0 unspecified atom stereocenters. The van der Waals surface area contributed by atoms with Crippen LogP contribution >= 0.6 is 0 Å². The second-order valence-electron chi connectivity index (χ2n) is 4.06. The van der Waals surface area contributed by atoms with Crippen molar-refractivity contribution in [1.82, 2.24) is 0 Å². The smallest absolute Gasteiger partial charge is 0.303 e. The van der Waals surface area contributed by atoms with Gasteiger partial charge in [-0.2, -0.15) is 0 Å². The van der Waals surface area contributed by atoms with Crippen molar-refractivity contribution < 1.29 is 38.7 Å². The van der Waals surface area contributed by atoms with E-state index in [9.17, 15) is 19.8 Å². The molecule has 0 saturated carbocycles. The predicted octanol–water partition coefficient (Wildman–Crippen LogP) is 0.570. The van der Waals surface area contributed by atoms with E-state index in [2.05, 4.69) is 0 Å². The lowest BCUT2D eigenvalue weighted by molar-refractivity contribution is -0.219. The summed E-state index contributed by atoms with van der Waals surface area (Å²) < 4.78 is 20.1. The van der Waals surface area contributed by atoms with Crippen molar-refractivity contribution in [3.63, 3.8) is 0 Å². The Balaban J connectivity index is 2.92. The Morgan fingerprint density at radius 3 is 2.35 bits per heavy atom. The second-order valence-corrected chi connectivity index (χ2v) is 4.06. The van der Waals surface area contributed by atoms with Gasteiger partial charge in [-0.15, -0.1) is 0 Å². The van der Waals surface area contributed by atoms with E-state index in [-0.39, 0.29) is 13.2 Å². The molecule has 0 aromatic rings. The van der Waals surface area contributed by atoms with E-state index in [0.717, 1.165) is 6.92 Å². The maximum absolute atomic E-state index is 11.0. The molecule has 1 aliphatic rings. The number of ether oxygens (including phenoxy) is 4. The first-order valence-corrected chi connectivity index (χ1v) is 6.06.